The highest BCUT2D eigenvalue weighted by molar-refractivity contribution is 5.96. The minimum absolute atomic E-state index is 0.0850. The van der Waals surface area contributed by atoms with E-state index in [1.165, 1.54) is 0 Å². The van der Waals surface area contributed by atoms with Crippen molar-refractivity contribution in [3.8, 4) is 0 Å². The van der Waals surface area contributed by atoms with Gasteiger partial charge in [0.15, 0.2) is 5.78 Å². The highest BCUT2D eigenvalue weighted by Crippen LogP contribution is 2.66. The van der Waals surface area contributed by atoms with Crippen LogP contribution in [0, 0.1) is 10.8 Å². The number of ketones is 1. The van der Waals surface area contributed by atoms with Crippen LogP contribution in [0.1, 0.15) is 88.5 Å². The van der Waals surface area contributed by atoms with Gasteiger partial charge < -0.3 is 14.6 Å². The van der Waals surface area contributed by atoms with Crippen molar-refractivity contribution < 1.29 is 19.4 Å². The van der Waals surface area contributed by atoms with Crippen molar-refractivity contribution in [2.75, 3.05) is 7.11 Å². The molecule has 244 valence electrons. The number of aliphatic hydroxyl groups is 1. The fourth-order valence-electron chi connectivity index (χ4n) is 7.03. The molecule has 0 radical (unpaired) electrons. The number of ether oxygens (including phenoxy) is 2. The third-order valence-electron chi connectivity index (χ3n) is 9.57. The highest BCUT2D eigenvalue weighted by atomic mass is 16.6. The molecule has 1 saturated heterocycles. The van der Waals surface area contributed by atoms with E-state index in [2.05, 4.69) is 147 Å². The first-order valence-electron chi connectivity index (χ1n) is 16.2. The Morgan fingerprint density at radius 3 is 1.78 bits per heavy atom. The summed E-state index contributed by atoms with van der Waals surface area (Å²) in [4.78, 5) is 12.3. The van der Waals surface area contributed by atoms with Crippen molar-refractivity contribution in [1.29, 1.82) is 0 Å². The zero-order valence-corrected chi connectivity index (χ0v) is 29.5. The van der Waals surface area contributed by atoms with E-state index in [0.29, 0.717) is 6.42 Å². The van der Waals surface area contributed by atoms with Gasteiger partial charge in [0.05, 0.1) is 12.2 Å². The molecule has 0 unspecified atom stereocenters. The minimum Gasteiger partial charge on any atom is -0.393 e. The van der Waals surface area contributed by atoms with Crippen LogP contribution in [0.4, 0.5) is 0 Å². The second-order valence-electron chi connectivity index (χ2n) is 14.6. The predicted octanol–water partition coefficient (Wildman–Crippen LogP) is 9.59. The molecule has 0 aromatic carbocycles. The van der Waals surface area contributed by atoms with Crippen LogP contribution in [0.3, 0.4) is 0 Å². The van der Waals surface area contributed by atoms with Gasteiger partial charge in [-0.25, -0.2) is 0 Å². The Kier molecular flexibility index (Phi) is 11.8. The molecule has 2 fully saturated rings. The van der Waals surface area contributed by atoms with Crippen LogP contribution < -0.4 is 0 Å². The molecule has 1 N–H and O–H groups in total. The number of carbonyl (C=O) groups is 1. The predicted molar refractivity (Wildman–Crippen MR) is 189 cm³/mol. The van der Waals surface area contributed by atoms with Crippen molar-refractivity contribution >= 4 is 5.78 Å². The highest BCUT2D eigenvalue weighted by Gasteiger charge is 2.74. The lowest BCUT2D eigenvalue weighted by Crippen LogP contribution is -2.46. The van der Waals surface area contributed by atoms with E-state index in [1.54, 1.807) is 14.0 Å². The van der Waals surface area contributed by atoms with Gasteiger partial charge in [-0.15, -0.1) is 0 Å². The molecule has 1 heterocycles. The second-order valence-corrected chi connectivity index (χ2v) is 14.6. The molecule has 45 heavy (non-hydrogen) atoms. The van der Waals surface area contributed by atoms with E-state index < -0.39 is 0 Å². The number of allylic oxidation sites excluding steroid dienone is 18. The fraction of sp³-hybridized carbons (Fsp3) is 0.488. The fourth-order valence-corrected chi connectivity index (χ4v) is 7.03. The lowest BCUT2D eigenvalue weighted by Gasteiger charge is -2.39. The van der Waals surface area contributed by atoms with Crippen LogP contribution in [0.25, 0.3) is 0 Å². The van der Waals surface area contributed by atoms with E-state index in [1.807, 2.05) is 0 Å². The van der Waals surface area contributed by atoms with Gasteiger partial charge in [-0.1, -0.05) is 129 Å². The number of aliphatic hydroxyl groups excluding tert-OH is 1. The van der Waals surface area contributed by atoms with Crippen LogP contribution in [0.5, 0.6) is 0 Å². The third-order valence-corrected chi connectivity index (χ3v) is 9.57. The topological polar surface area (TPSA) is 59.1 Å². The van der Waals surface area contributed by atoms with Gasteiger partial charge in [-0.05, 0) is 71.4 Å². The van der Waals surface area contributed by atoms with Crippen LogP contribution in [0.15, 0.2) is 119 Å². The molecular weight excluding hydrogens is 556 g/mol. The summed E-state index contributed by atoms with van der Waals surface area (Å²) in [5.74, 6) is 0.0850. The lowest BCUT2D eigenvalue weighted by molar-refractivity contribution is -0.114. The zero-order chi connectivity index (χ0) is 33.6. The number of hydrogen-bond acceptors (Lipinski definition) is 4. The average Bonchev–Trinajstić information content (AvgIpc) is 3.46. The summed E-state index contributed by atoms with van der Waals surface area (Å²) in [6.45, 7) is 20.8. The summed E-state index contributed by atoms with van der Waals surface area (Å²) in [5.41, 5.74) is 5.69. The van der Waals surface area contributed by atoms with Crippen molar-refractivity contribution in [1.82, 2.24) is 0 Å². The molecule has 0 amide bonds. The van der Waals surface area contributed by atoms with Crippen molar-refractivity contribution in [2.45, 2.75) is 112 Å². The number of rotatable bonds is 12. The van der Waals surface area contributed by atoms with Gasteiger partial charge in [0.25, 0.3) is 0 Å². The minimum atomic E-state index is -0.299. The van der Waals surface area contributed by atoms with Crippen LogP contribution >= 0.6 is 0 Å². The molecular formula is C41H56O4. The van der Waals surface area contributed by atoms with E-state index in [4.69, 9.17) is 9.47 Å². The van der Waals surface area contributed by atoms with Gasteiger partial charge in [0.1, 0.15) is 11.2 Å². The summed E-state index contributed by atoms with van der Waals surface area (Å²) in [7, 11) is 1.68. The molecule has 0 aromatic heterocycles. The summed E-state index contributed by atoms with van der Waals surface area (Å²) < 4.78 is 11.8. The molecule has 4 heteroatoms. The summed E-state index contributed by atoms with van der Waals surface area (Å²) in [6, 6.07) is 0. The molecule has 1 aliphatic heterocycles. The SMILES string of the molecule is CO[C@H]1CC(C)(C)C(/C=C/C(C)=C/C=C/C(C)=C/C=C/C=C(C)/C=C/C=C(C)/C=C/[C@@]23O[C@]2(C)C[C@@H](O)CC3(C)C)=C1C(C)=O. The number of methoxy groups -OCH3 is 1. The number of carbonyl (C=O) groups excluding carboxylic acids is 1. The number of hydrogen-bond donors (Lipinski definition) is 1. The van der Waals surface area contributed by atoms with Crippen LogP contribution in [-0.2, 0) is 14.3 Å². The maximum Gasteiger partial charge on any atom is 0.158 e. The molecule has 3 aliphatic rings. The van der Waals surface area contributed by atoms with E-state index in [9.17, 15) is 9.90 Å². The summed E-state index contributed by atoms with van der Waals surface area (Å²) in [5, 5.41) is 10.3. The maximum absolute atomic E-state index is 12.3. The smallest absolute Gasteiger partial charge is 0.158 e. The first-order chi connectivity index (χ1) is 21.0. The summed E-state index contributed by atoms with van der Waals surface area (Å²) in [6.07, 6.45) is 31.2. The van der Waals surface area contributed by atoms with Crippen molar-refractivity contribution in [3.05, 3.63) is 119 Å². The van der Waals surface area contributed by atoms with Crippen molar-refractivity contribution in [2.24, 2.45) is 10.8 Å². The van der Waals surface area contributed by atoms with Gasteiger partial charge in [0, 0.05) is 24.5 Å². The number of fused-ring (bicyclic) bond motifs is 1. The molecule has 4 atom stereocenters. The average molecular weight is 613 g/mol. The van der Waals surface area contributed by atoms with Crippen LogP contribution in [0.2, 0.25) is 0 Å². The Balaban J connectivity index is 1.53. The maximum atomic E-state index is 12.3. The van der Waals surface area contributed by atoms with Crippen LogP contribution in [-0.4, -0.2) is 41.4 Å². The van der Waals surface area contributed by atoms with Gasteiger partial charge in [-0.3, -0.25) is 4.79 Å². The standard InChI is InChI=1S/C41H56O4/c1-29(18-14-20-31(3)22-23-35-37(33(5)42)36(44-11)28-38(35,6)7)16-12-13-17-30(2)19-15-21-32(4)24-25-41-39(8,9)26-34(43)27-40(41,10)45-41/h12-25,34,36,43H,26-28H2,1-11H3/b13-12+,18-14+,19-15+,23-22+,25-24+,29-16+,30-17+,31-20+,32-21+/t34-,36-,40+,41-/m0/s1. The Morgan fingerprint density at radius 2 is 1.27 bits per heavy atom. The van der Waals surface area contributed by atoms with E-state index in [-0.39, 0.29) is 40.0 Å². The molecule has 0 spiro atoms. The zero-order valence-electron chi connectivity index (χ0n) is 29.5. The Morgan fingerprint density at radius 1 is 0.756 bits per heavy atom. The van der Waals surface area contributed by atoms with Gasteiger partial charge in [0.2, 0.25) is 0 Å². The van der Waals surface area contributed by atoms with Gasteiger partial charge >= 0.3 is 0 Å². The molecule has 1 saturated carbocycles. The first-order valence-corrected chi connectivity index (χ1v) is 16.2. The Labute approximate surface area is 273 Å². The quantitative estimate of drug-likeness (QED) is 0.176. The largest absolute Gasteiger partial charge is 0.393 e. The lowest BCUT2D eigenvalue weighted by atomic mass is 9.63. The second kappa shape index (κ2) is 14.6. The van der Waals surface area contributed by atoms with E-state index in [0.717, 1.165) is 46.3 Å². The Hall–Kier alpha value is -3.05. The monoisotopic (exact) mass is 612 g/mol. The Bertz CT molecular complexity index is 1430. The first kappa shape index (κ1) is 36.4. The molecule has 0 aromatic rings. The number of epoxide rings is 1. The van der Waals surface area contributed by atoms with Crippen molar-refractivity contribution in [3.63, 3.8) is 0 Å². The molecule has 0 bridgehead atoms. The summed E-state index contributed by atoms with van der Waals surface area (Å²) >= 11 is 0. The molecule has 3 rings (SSSR count). The molecule has 2 aliphatic carbocycles. The molecule has 4 nitrogen and oxygen atoms in total. The third kappa shape index (κ3) is 8.82. The number of Topliss-reactive ketones (excluding diaryl/α,β-unsaturated/α-hetero) is 1. The van der Waals surface area contributed by atoms with E-state index >= 15 is 0 Å². The normalized spacial score (nSPS) is 31.0. The van der Waals surface area contributed by atoms with Gasteiger partial charge in [-0.2, -0.15) is 0 Å².